The molecule has 0 fully saturated rings. The van der Waals surface area contributed by atoms with E-state index in [1.807, 2.05) is 6.92 Å². The van der Waals surface area contributed by atoms with Crippen LogP contribution in [0.1, 0.15) is 33.1 Å². The maximum Gasteiger partial charge on any atom is 0.0863 e. The third-order valence-electron chi connectivity index (χ3n) is 2.18. The molecule has 0 spiro atoms. The summed E-state index contributed by atoms with van der Waals surface area (Å²) in [4.78, 5) is 0. The van der Waals surface area contributed by atoms with Gasteiger partial charge in [0.25, 0.3) is 0 Å². The molecule has 0 aliphatic rings. The minimum atomic E-state index is -0.356. The van der Waals surface area contributed by atoms with Crippen molar-refractivity contribution in [2.75, 3.05) is 31.8 Å². The molecular weight excluding hydrogens is 224 g/mol. The van der Waals surface area contributed by atoms with E-state index in [4.69, 9.17) is 9.47 Å². The fourth-order valence-corrected chi connectivity index (χ4v) is 2.22. The topological polar surface area (TPSA) is 38.7 Å². The number of methoxy groups -OCH3 is 1. The highest BCUT2D eigenvalue weighted by atomic mass is 32.2. The van der Waals surface area contributed by atoms with E-state index in [0.717, 1.165) is 11.5 Å². The van der Waals surface area contributed by atoms with Crippen molar-refractivity contribution in [3.63, 3.8) is 0 Å². The fourth-order valence-electron chi connectivity index (χ4n) is 1.28. The van der Waals surface area contributed by atoms with Gasteiger partial charge in [0.2, 0.25) is 0 Å². The molecule has 0 aromatic rings. The van der Waals surface area contributed by atoms with Gasteiger partial charge in [-0.3, -0.25) is 0 Å². The Balaban J connectivity index is 3.27. The van der Waals surface area contributed by atoms with Gasteiger partial charge in [-0.25, -0.2) is 0 Å². The fraction of sp³-hybridized carbons (Fsp3) is 1.00. The average molecular weight is 250 g/mol. The Morgan fingerprint density at radius 3 is 2.62 bits per heavy atom. The molecule has 0 bridgehead atoms. The monoisotopic (exact) mass is 250 g/mol. The molecular formula is C12H26O3S. The Labute approximate surface area is 104 Å². The Morgan fingerprint density at radius 2 is 2.00 bits per heavy atom. The smallest absolute Gasteiger partial charge is 0.0863 e. The first-order valence-corrected chi connectivity index (χ1v) is 7.22. The summed E-state index contributed by atoms with van der Waals surface area (Å²) in [6, 6.07) is 0. The quantitative estimate of drug-likeness (QED) is 0.571. The molecule has 0 aromatic carbocycles. The highest BCUT2D eigenvalue weighted by molar-refractivity contribution is 7.99. The maximum atomic E-state index is 9.64. The standard InChI is InChI=1S/C12H26O3S/c1-4-5-6-7-16-10-12(13)9-15-11(2)8-14-3/h11-13H,4-10H2,1-3H3. The number of unbranched alkanes of at least 4 members (excludes halogenated alkanes) is 2. The van der Waals surface area contributed by atoms with Crippen LogP contribution in [0, 0.1) is 0 Å². The lowest BCUT2D eigenvalue weighted by Crippen LogP contribution is -2.24. The Kier molecular flexibility index (Phi) is 11.9. The zero-order valence-corrected chi connectivity index (χ0v) is 11.6. The highest BCUT2D eigenvalue weighted by Crippen LogP contribution is 2.08. The molecule has 0 saturated carbocycles. The number of aliphatic hydroxyl groups is 1. The number of aliphatic hydroxyl groups excluding tert-OH is 1. The molecule has 16 heavy (non-hydrogen) atoms. The minimum absolute atomic E-state index is 0.0599. The summed E-state index contributed by atoms with van der Waals surface area (Å²) in [7, 11) is 1.65. The van der Waals surface area contributed by atoms with Gasteiger partial charge in [0.1, 0.15) is 0 Å². The van der Waals surface area contributed by atoms with E-state index in [0.29, 0.717) is 13.2 Å². The molecule has 0 rings (SSSR count). The van der Waals surface area contributed by atoms with Crippen molar-refractivity contribution in [1.82, 2.24) is 0 Å². The first-order valence-electron chi connectivity index (χ1n) is 6.07. The molecule has 1 N–H and O–H groups in total. The molecule has 0 radical (unpaired) electrons. The van der Waals surface area contributed by atoms with Gasteiger partial charge in [0.05, 0.1) is 25.4 Å². The maximum absolute atomic E-state index is 9.64. The van der Waals surface area contributed by atoms with E-state index in [-0.39, 0.29) is 12.2 Å². The molecule has 2 unspecified atom stereocenters. The molecule has 2 atom stereocenters. The van der Waals surface area contributed by atoms with Crippen LogP contribution in [0.5, 0.6) is 0 Å². The number of hydrogen-bond acceptors (Lipinski definition) is 4. The van der Waals surface area contributed by atoms with Crippen LogP contribution in [0.15, 0.2) is 0 Å². The van der Waals surface area contributed by atoms with E-state index in [2.05, 4.69) is 6.92 Å². The number of ether oxygens (including phenoxy) is 2. The molecule has 4 heteroatoms. The lowest BCUT2D eigenvalue weighted by atomic mass is 10.3. The summed E-state index contributed by atoms with van der Waals surface area (Å²) in [5, 5.41) is 9.64. The van der Waals surface area contributed by atoms with Crippen molar-refractivity contribution in [3.05, 3.63) is 0 Å². The molecule has 0 saturated heterocycles. The van der Waals surface area contributed by atoms with Gasteiger partial charge < -0.3 is 14.6 Å². The molecule has 3 nitrogen and oxygen atoms in total. The first-order chi connectivity index (χ1) is 7.70. The first kappa shape index (κ1) is 16.2. The second-order valence-corrected chi connectivity index (χ2v) is 5.18. The van der Waals surface area contributed by atoms with Gasteiger partial charge in [-0.2, -0.15) is 11.8 Å². The van der Waals surface area contributed by atoms with Gasteiger partial charge in [0.15, 0.2) is 0 Å². The lowest BCUT2D eigenvalue weighted by molar-refractivity contribution is -0.0257. The summed E-state index contributed by atoms with van der Waals surface area (Å²) in [5.74, 6) is 1.90. The Hall–Kier alpha value is 0.230. The van der Waals surface area contributed by atoms with Crippen molar-refractivity contribution in [1.29, 1.82) is 0 Å². The van der Waals surface area contributed by atoms with Crippen LogP contribution in [0.25, 0.3) is 0 Å². The van der Waals surface area contributed by atoms with E-state index < -0.39 is 0 Å². The average Bonchev–Trinajstić information content (AvgIpc) is 2.26. The van der Waals surface area contributed by atoms with E-state index in [1.165, 1.54) is 19.3 Å². The van der Waals surface area contributed by atoms with Gasteiger partial charge in [-0.15, -0.1) is 0 Å². The van der Waals surface area contributed by atoms with Crippen molar-refractivity contribution >= 4 is 11.8 Å². The summed E-state index contributed by atoms with van der Waals surface area (Å²) in [6.07, 6.45) is 3.48. The third-order valence-corrected chi connectivity index (χ3v) is 3.37. The lowest BCUT2D eigenvalue weighted by Gasteiger charge is -2.15. The van der Waals surface area contributed by atoms with Crippen LogP contribution in [0.4, 0.5) is 0 Å². The summed E-state index contributed by atoms with van der Waals surface area (Å²) in [5.41, 5.74) is 0. The minimum Gasteiger partial charge on any atom is -0.390 e. The largest absolute Gasteiger partial charge is 0.390 e. The van der Waals surface area contributed by atoms with Crippen molar-refractivity contribution < 1.29 is 14.6 Å². The van der Waals surface area contributed by atoms with Gasteiger partial charge in [-0.1, -0.05) is 19.8 Å². The Bertz CT molecular complexity index is 144. The number of hydrogen-bond donors (Lipinski definition) is 1. The normalized spacial score (nSPS) is 15.0. The van der Waals surface area contributed by atoms with E-state index >= 15 is 0 Å². The SMILES string of the molecule is CCCCCSCC(O)COC(C)COC. The zero-order chi connectivity index (χ0) is 12.2. The van der Waals surface area contributed by atoms with E-state index in [9.17, 15) is 5.11 Å². The molecule has 0 aliphatic heterocycles. The van der Waals surface area contributed by atoms with Crippen molar-refractivity contribution in [2.45, 2.75) is 45.3 Å². The van der Waals surface area contributed by atoms with Crippen molar-refractivity contribution in [2.24, 2.45) is 0 Å². The van der Waals surface area contributed by atoms with Gasteiger partial charge in [-0.05, 0) is 19.1 Å². The van der Waals surface area contributed by atoms with Gasteiger partial charge in [0, 0.05) is 12.9 Å². The summed E-state index contributed by atoms with van der Waals surface area (Å²) >= 11 is 1.81. The van der Waals surface area contributed by atoms with Crippen LogP contribution < -0.4 is 0 Å². The number of rotatable bonds is 11. The van der Waals surface area contributed by atoms with Crippen LogP contribution in [0.2, 0.25) is 0 Å². The molecule has 0 aromatic heterocycles. The van der Waals surface area contributed by atoms with Crippen LogP contribution in [-0.2, 0) is 9.47 Å². The molecule has 0 aliphatic carbocycles. The van der Waals surface area contributed by atoms with E-state index in [1.54, 1.807) is 18.9 Å². The molecule has 0 amide bonds. The highest BCUT2D eigenvalue weighted by Gasteiger charge is 2.07. The number of thioether (sulfide) groups is 1. The Morgan fingerprint density at radius 1 is 1.25 bits per heavy atom. The van der Waals surface area contributed by atoms with Crippen LogP contribution >= 0.6 is 11.8 Å². The predicted octanol–water partition coefficient (Wildman–Crippen LogP) is 2.32. The third kappa shape index (κ3) is 10.7. The predicted molar refractivity (Wildman–Crippen MR) is 70.1 cm³/mol. The van der Waals surface area contributed by atoms with Crippen molar-refractivity contribution in [3.8, 4) is 0 Å². The second-order valence-electron chi connectivity index (χ2n) is 4.04. The second kappa shape index (κ2) is 11.7. The van der Waals surface area contributed by atoms with Crippen LogP contribution in [-0.4, -0.2) is 49.1 Å². The summed E-state index contributed by atoms with van der Waals surface area (Å²) < 4.78 is 10.4. The molecule has 98 valence electrons. The van der Waals surface area contributed by atoms with Gasteiger partial charge >= 0.3 is 0 Å². The zero-order valence-electron chi connectivity index (χ0n) is 10.8. The molecule has 0 heterocycles. The summed E-state index contributed by atoms with van der Waals surface area (Å²) in [6.45, 7) is 5.14. The van der Waals surface area contributed by atoms with Crippen LogP contribution in [0.3, 0.4) is 0 Å².